The number of aromatic nitrogens is 1. The van der Waals surface area contributed by atoms with Crippen molar-refractivity contribution in [2.75, 3.05) is 10.6 Å². The van der Waals surface area contributed by atoms with Crippen molar-refractivity contribution in [3.05, 3.63) is 89.2 Å². The number of aryl methyl sites for hydroxylation is 2. The molecule has 26 heavy (non-hydrogen) atoms. The third kappa shape index (κ3) is 4.09. The van der Waals surface area contributed by atoms with Gasteiger partial charge in [0.15, 0.2) is 0 Å². The van der Waals surface area contributed by atoms with Gasteiger partial charge in [-0.15, -0.1) is 0 Å². The molecule has 0 aliphatic carbocycles. The molecule has 0 spiro atoms. The first-order valence-corrected chi connectivity index (χ1v) is 8.69. The lowest BCUT2D eigenvalue weighted by Gasteiger charge is -2.16. The molecule has 1 atom stereocenters. The quantitative estimate of drug-likeness (QED) is 0.674. The lowest BCUT2D eigenvalue weighted by molar-refractivity contribution is 0.102. The van der Waals surface area contributed by atoms with Crippen LogP contribution in [0.2, 0.25) is 0 Å². The molecule has 4 heteroatoms. The van der Waals surface area contributed by atoms with Gasteiger partial charge in [-0.25, -0.2) is 0 Å². The van der Waals surface area contributed by atoms with Crippen LogP contribution < -0.4 is 10.6 Å². The molecular weight excluding hydrogens is 322 g/mol. The molecule has 4 nitrogen and oxygen atoms in total. The highest BCUT2D eigenvalue weighted by Crippen LogP contribution is 2.22. The lowest BCUT2D eigenvalue weighted by atomic mass is 10.1. The smallest absolute Gasteiger partial charge is 0.274 e. The van der Waals surface area contributed by atoms with Crippen LogP contribution in [0.15, 0.2) is 66.9 Å². The third-order valence-corrected chi connectivity index (χ3v) is 4.39. The summed E-state index contributed by atoms with van der Waals surface area (Å²) in [5.41, 5.74) is 5.35. The zero-order valence-electron chi connectivity index (χ0n) is 15.3. The standard InChI is InChI=1S/C22H23N3O/c1-15-8-7-9-16(2)21(15)25-22(26)20-14-19(12-13-23-20)24-17(3)18-10-5-4-6-11-18/h4-14,17H,1-3H3,(H,23,24)(H,25,26). The second-order valence-corrected chi connectivity index (χ2v) is 6.43. The van der Waals surface area contributed by atoms with Crippen LogP contribution in [-0.2, 0) is 0 Å². The molecule has 1 heterocycles. The summed E-state index contributed by atoms with van der Waals surface area (Å²) in [6.07, 6.45) is 1.65. The van der Waals surface area contributed by atoms with Crippen LogP contribution in [0, 0.1) is 13.8 Å². The summed E-state index contributed by atoms with van der Waals surface area (Å²) in [5.74, 6) is -0.210. The Morgan fingerprint density at radius 3 is 2.35 bits per heavy atom. The minimum Gasteiger partial charge on any atom is -0.378 e. The maximum atomic E-state index is 12.6. The highest BCUT2D eigenvalue weighted by molar-refractivity contribution is 6.04. The van der Waals surface area contributed by atoms with Crippen molar-refractivity contribution in [1.82, 2.24) is 4.98 Å². The van der Waals surface area contributed by atoms with Crippen LogP contribution in [0.4, 0.5) is 11.4 Å². The normalized spacial score (nSPS) is 11.7. The molecule has 2 N–H and O–H groups in total. The summed E-state index contributed by atoms with van der Waals surface area (Å²) in [5, 5.41) is 6.40. The minimum absolute atomic E-state index is 0.133. The molecule has 0 saturated carbocycles. The second kappa shape index (κ2) is 7.83. The number of anilines is 2. The number of carbonyl (C=O) groups excluding carboxylic acids is 1. The Labute approximate surface area is 154 Å². The van der Waals surface area contributed by atoms with E-state index in [-0.39, 0.29) is 11.9 Å². The van der Waals surface area contributed by atoms with Crippen molar-refractivity contribution in [2.24, 2.45) is 0 Å². The van der Waals surface area contributed by atoms with Gasteiger partial charge in [0.2, 0.25) is 0 Å². The topological polar surface area (TPSA) is 54.0 Å². The zero-order valence-corrected chi connectivity index (χ0v) is 15.3. The first kappa shape index (κ1) is 17.7. The number of carbonyl (C=O) groups is 1. The number of pyridine rings is 1. The molecule has 1 amide bonds. The Morgan fingerprint density at radius 2 is 1.65 bits per heavy atom. The van der Waals surface area contributed by atoms with E-state index < -0.39 is 0 Å². The van der Waals surface area contributed by atoms with E-state index in [1.54, 1.807) is 12.3 Å². The average Bonchev–Trinajstić information content (AvgIpc) is 2.65. The van der Waals surface area contributed by atoms with E-state index in [2.05, 4.69) is 34.7 Å². The summed E-state index contributed by atoms with van der Waals surface area (Å²) < 4.78 is 0. The predicted molar refractivity (Wildman–Crippen MR) is 107 cm³/mol. The molecule has 0 bridgehead atoms. The SMILES string of the molecule is Cc1cccc(C)c1NC(=O)c1cc(NC(C)c2ccccc2)ccn1. The number of amides is 1. The Morgan fingerprint density at radius 1 is 0.962 bits per heavy atom. The van der Waals surface area contributed by atoms with Crippen molar-refractivity contribution in [3.8, 4) is 0 Å². The summed E-state index contributed by atoms with van der Waals surface area (Å²) >= 11 is 0. The highest BCUT2D eigenvalue weighted by atomic mass is 16.1. The van der Waals surface area contributed by atoms with Crippen LogP contribution in [0.3, 0.4) is 0 Å². The van der Waals surface area contributed by atoms with Gasteiger partial charge >= 0.3 is 0 Å². The summed E-state index contributed by atoms with van der Waals surface area (Å²) in [4.78, 5) is 16.8. The molecule has 0 radical (unpaired) electrons. The summed E-state index contributed by atoms with van der Waals surface area (Å²) in [7, 11) is 0. The molecule has 1 aromatic heterocycles. The maximum absolute atomic E-state index is 12.6. The fourth-order valence-corrected chi connectivity index (χ4v) is 2.91. The largest absolute Gasteiger partial charge is 0.378 e. The number of rotatable bonds is 5. The molecule has 0 saturated heterocycles. The van der Waals surface area contributed by atoms with E-state index in [1.165, 1.54) is 5.56 Å². The predicted octanol–water partition coefficient (Wildman–Crippen LogP) is 5.12. The van der Waals surface area contributed by atoms with Gasteiger partial charge in [-0.1, -0.05) is 48.5 Å². The van der Waals surface area contributed by atoms with Gasteiger partial charge in [0.1, 0.15) is 5.69 Å². The van der Waals surface area contributed by atoms with E-state index in [9.17, 15) is 4.79 Å². The maximum Gasteiger partial charge on any atom is 0.274 e. The third-order valence-electron chi connectivity index (χ3n) is 4.39. The van der Waals surface area contributed by atoms with Gasteiger partial charge < -0.3 is 10.6 Å². The number of para-hydroxylation sites is 1. The van der Waals surface area contributed by atoms with E-state index in [0.29, 0.717) is 5.69 Å². The van der Waals surface area contributed by atoms with Crippen molar-refractivity contribution in [2.45, 2.75) is 26.8 Å². The molecule has 0 aliphatic rings. The fraction of sp³-hybridized carbons (Fsp3) is 0.182. The van der Waals surface area contributed by atoms with Gasteiger partial charge in [0, 0.05) is 23.6 Å². The average molecular weight is 345 g/mol. The van der Waals surface area contributed by atoms with Crippen LogP contribution in [-0.4, -0.2) is 10.9 Å². The van der Waals surface area contributed by atoms with Gasteiger partial charge in [-0.2, -0.15) is 0 Å². The summed E-state index contributed by atoms with van der Waals surface area (Å²) in [6, 6.07) is 19.9. The van der Waals surface area contributed by atoms with Crippen molar-refractivity contribution in [3.63, 3.8) is 0 Å². The number of hydrogen-bond acceptors (Lipinski definition) is 3. The number of nitrogens with one attached hydrogen (secondary N) is 2. The molecule has 1 unspecified atom stereocenters. The first-order chi connectivity index (χ1) is 12.5. The van der Waals surface area contributed by atoms with Gasteiger partial charge in [0.25, 0.3) is 5.91 Å². The minimum atomic E-state index is -0.210. The highest BCUT2D eigenvalue weighted by Gasteiger charge is 2.12. The van der Waals surface area contributed by atoms with Crippen molar-refractivity contribution < 1.29 is 4.79 Å². The number of benzene rings is 2. The van der Waals surface area contributed by atoms with E-state index in [0.717, 1.165) is 22.5 Å². The fourth-order valence-electron chi connectivity index (χ4n) is 2.91. The molecule has 132 valence electrons. The number of nitrogens with zero attached hydrogens (tertiary/aromatic N) is 1. The molecule has 3 rings (SSSR count). The molecule has 0 fully saturated rings. The van der Waals surface area contributed by atoms with Crippen molar-refractivity contribution >= 4 is 17.3 Å². The first-order valence-electron chi connectivity index (χ1n) is 8.69. The van der Waals surface area contributed by atoms with Gasteiger partial charge in [0.05, 0.1) is 0 Å². The lowest BCUT2D eigenvalue weighted by Crippen LogP contribution is -2.16. The van der Waals surface area contributed by atoms with Crippen LogP contribution in [0.1, 0.15) is 40.1 Å². The molecule has 2 aromatic carbocycles. The Balaban J connectivity index is 1.75. The zero-order chi connectivity index (χ0) is 18.5. The monoisotopic (exact) mass is 345 g/mol. The molecule has 0 aliphatic heterocycles. The van der Waals surface area contributed by atoms with Crippen molar-refractivity contribution in [1.29, 1.82) is 0 Å². The Bertz CT molecular complexity index is 886. The number of hydrogen-bond donors (Lipinski definition) is 2. The van der Waals surface area contributed by atoms with E-state index >= 15 is 0 Å². The summed E-state index contributed by atoms with van der Waals surface area (Å²) in [6.45, 7) is 6.05. The van der Waals surface area contributed by atoms with Gasteiger partial charge in [-0.05, 0) is 49.6 Å². The van der Waals surface area contributed by atoms with Gasteiger partial charge in [-0.3, -0.25) is 9.78 Å². The molecular formula is C22H23N3O. The Kier molecular flexibility index (Phi) is 5.32. The van der Waals surface area contributed by atoms with E-state index in [4.69, 9.17) is 0 Å². The molecule has 3 aromatic rings. The van der Waals surface area contributed by atoms with E-state index in [1.807, 2.05) is 56.3 Å². The van der Waals surface area contributed by atoms with Crippen LogP contribution in [0.25, 0.3) is 0 Å². The second-order valence-electron chi connectivity index (χ2n) is 6.43. The van der Waals surface area contributed by atoms with Crippen LogP contribution in [0.5, 0.6) is 0 Å². The van der Waals surface area contributed by atoms with Crippen LogP contribution >= 0.6 is 0 Å². The Hall–Kier alpha value is -3.14.